The zero-order chi connectivity index (χ0) is 13.2. The lowest BCUT2D eigenvalue weighted by Crippen LogP contribution is -2.53. The maximum atomic E-state index is 3.77. The first-order chi connectivity index (χ1) is 8.58. The van der Waals surface area contributed by atoms with Crippen LogP contribution in [0.4, 0.5) is 0 Å². The highest BCUT2D eigenvalue weighted by Gasteiger charge is 2.44. The van der Waals surface area contributed by atoms with Gasteiger partial charge in [-0.25, -0.2) is 0 Å². The normalized spacial score (nSPS) is 34.0. The molecular formula is C16H32N2. The van der Waals surface area contributed by atoms with Gasteiger partial charge in [0, 0.05) is 12.1 Å². The Morgan fingerprint density at radius 3 is 2.33 bits per heavy atom. The third kappa shape index (κ3) is 2.91. The minimum Gasteiger partial charge on any atom is -0.312 e. The third-order valence-corrected chi connectivity index (χ3v) is 5.43. The van der Waals surface area contributed by atoms with E-state index in [1.54, 1.807) is 0 Å². The van der Waals surface area contributed by atoms with Crippen molar-refractivity contribution < 1.29 is 0 Å². The number of nitrogens with one attached hydrogen (secondary N) is 1. The molecule has 1 aliphatic heterocycles. The fraction of sp³-hybridized carbons (Fsp3) is 1.00. The second-order valence-corrected chi connectivity index (χ2v) is 7.02. The van der Waals surface area contributed by atoms with Gasteiger partial charge in [0.15, 0.2) is 0 Å². The van der Waals surface area contributed by atoms with Crippen molar-refractivity contribution in [2.24, 2.45) is 11.3 Å². The van der Waals surface area contributed by atoms with E-state index in [0.717, 1.165) is 18.5 Å². The largest absolute Gasteiger partial charge is 0.312 e. The van der Waals surface area contributed by atoms with Gasteiger partial charge in [0.2, 0.25) is 0 Å². The summed E-state index contributed by atoms with van der Waals surface area (Å²) in [4.78, 5) is 2.79. The molecule has 2 unspecified atom stereocenters. The van der Waals surface area contributed by atoms with E-state index >= 15 is 0 Å². The van der Waals surface area contributed by atoms with E-state index in [4.69, 9.17) is 0 Å². The Morgan fingerprint density at radius 2 is 1.78 bits per heavy atom. The van der Waals surface area contributed by atoms with E-state index in [-0.39, 0.29) is 0 Å². The zero-order valence-corrected chi connectivity index (χ0v) is 12.8. The van der Waals surface area contributed by atoms with Crippen molar-refractivity contribution in [2.45, 2.75) is 71.9 Å². The molecule has 2 fully saturated rings. The Balaban J connectivity index is 1.96. The smallest absolute Gasteiger partial charge is 0.0274 e. The standard InChI is InChI=1S/C16H32N2/c1-5-13-8-11-18(12-9-13)14-7-10-16(3,4)15(14)17-6-2/h13-15,17H,5-12H2,1-4H3. The molecule has 106 valence electrons. The van der Waals surface area contributed by atoms with Gasteiger partial charge in [-0.15, -0.1) is 0 Å². The number of rotatable bonds is 4. The van der Waals surface area contributed by atoms with Crippen molar-refractivity contribution >= 4 is 0 Å². The Labute approximate surface area is 114 Å². The van der Waals surface area contributed by atoms with Crippen LogP contribution in [0, 0.1) is 11.3 Å². The Morgan fingerprint density at radius 1 is 1.11 bits per heavy atom. The summed E-state index contributed by atoms with van der Waals surface area (Å²) in [6.45, 7) is 13.3. The first kappa shape index (κ1) is 14.3. The molecule has 0 aromatic rings. The van der Waals surface area contributed by atoms with Crippen LogP contribution in [0.25, 0.3) is 0 Å². The van der Waals surface area contributed by atoms with E-state index in [0.29, 0.717) is 11.5 Å². The van der Waals surface area contributed by atoms with Crippen molar-refractivity contribution in [3.8, 4) is 0 Å². The molecule has 0 spiro atoms. The topological polar surface area (TPSA) is 15.3 Å². The predicted octanol–water partition coefficient (Wildman–Crippen LogP) is 3.28. The predicted molar refractivity (Wildman–Crippen MR) is 78.9 cm³/mol. The number of likely N-dealkylation sites (tertiary alicyclic amines) is 1. The van der Waals surface area contributed by atoms with Gasteiger partial charge in [0.25, 0.3) is 0 Å². The zero-order valence-electron chi connectivity index (χ0n) is 12.8. The molecule has 1 heterocycles. The Hall–Kier alpha value is -0.0800. The molecule has 0 bridgehead atoms. The van der Waals surface area contributed by atoms with Crippen LogP contribution in [0.2, 0.25) is 0 Å². The van der Waals surface area contributed by atoms with Crippen molar-refractivity contribution in [2.75, 3.05) is 19.6 Å². The second kappa shape index (κ2) is 5.92. The van der Waals surface area contributed by atoms with E-state index in [9.17, 15) is 0 Å². The summed E-state index contributed by atoms with van der Waals surface area (Å²) in [5.74, 6) is 0.994. The van der Waals surface area contributed by atoms with Gasteiger partial charge < -0.3 is 5.32 Å². The summed E-state index contributed by atoms with van der Waals surface area (Å²) >= 11 is 0. The number of hydrogen-bond donors (Lipinski definition) is 1. The molecule has 1 aliphatic carbocycles. The maximum Gasteiger partial charge on any atom is 0.0274 e. The van der Waals surface area contributed by atoms with Crippen LogP contribution in [0.3, 0.4) is 0 Å². The van der Waals surface area contributed by atoms with Gasteiger partial charge in [-0.2, -0.15) is 0 Å². The first-order valence-electron chi connectivity index (χ1n) is 8.06. The van der Waals surface area contributed by atoms with Gasteiger partial charge in [0.1, 0.15) is 0 Å². The SMILES string of the molecule is CCNC1C(N2CCC(CC)CC2)CCC1(C)C. The lowest BCUT2D eigenvalue weighted by atomic mass is 9.85. The van der Waals surface area contributed by atoms with Crippen molar-refractivity contribution in [3.63, 3.8) is 0 Å². The van der Waals surface area contributed by atoms with Crippen LogP contribution in [-0.2, 0) is 0 Å². The van der Waals surface area contributed by atoms with Crippen molar-refractivity contribution in [1.29, 1.82) is 0 Å². The van der Waals surface area contributed by atoms with E-state index in [1.807, 2.05) is 0 Å². The minimum absolute atomic E-state index is 0.474. The average Bonchev–Trinajstić information content (AvgIpc) is 2.66. The molecule has 2 heteroatoms. The molecule has 2 nitrogen and oxygen atoms in total. The summed E-state index contributed by atoms with van der Waals surface area (Å²) in [6.07, 6.45) is 6.99. The minimum atomic E-state index is 0.474. The quantitative estimate of drug-likeness (QED) is 0.826. The molecule has 0 radical (unpaired) electrons. The molecule has 0 aromatic heterocycles. The average molecular weight is 252 g/mol. The molecule has 18 heavy (non-hydrogen) atoms. The number of nitrogens with zero attached hydrogens (tertiary/aromatic N) is 1. The molecule has 0 aromatic carbocycles. The maximum absolute atomic E-state index is 3.77. The lowest BCUT2D eigenvalue weighted by Gasteiger charge is -2.41. The fourth-order valence-electron chi connectivity index (χ4n) is 4.08. The fourth-order valence-corrected chi connectivity index (χ4v) is 4.08. The van der Waals surface area contributed by atoms with Crippen LogP contribution in [0.15, 0.2) is 0 Å². The lowest BCUT2D eigenvalue weighted by molar-refractivity contribution is 0.101. The highest BCUT2D eigenvalue weighted by molar-refractivity contribution is 5.01. The first-order valence-corrected chi connectivity index (χ1v) is 8.06. The summed E-state index contributed by atoms with van der Waals surface area (Å²) in [6, 6.07) is 1.48. The van der Waals surface area contributed by atoms with Crippen molar-refractivity contribution in [1.82, 2.24) is 10.2 Å². The van der Waals surface area contributed by atoms with Gasteiger partial charge in [-0.1, -0.05) is 34.1 Å². The third-order valence-electron chi connectivity index (χ3n) is 5.43. The second-order valence-electron chi connectivity index (χ2n) is 7.02. The number of piperidine rings is 1. The summed E-state index contributed by atoms with van der Waals surface area (Å²) in [5.41, 5.74) is 0.474. The Bertz CT molecular complexity index is 254. The summed E-state index contributed by atoms with van der Waals surface area (Å²) in [5, 5.41) is 3.77. The van der Waals surface area contributed by atoms with Gasteiger partial charge >= 0.3 is 0 Å². The summed E-state index contributed by atoms with van der Waals surface area (Å²) < 4.78 is 0. The molecule has 2 atom stereocenters. The van der Waals surface area contributed by atoms with Crippen molar-refractivity contribution in [3.05, 3.63) is 0 Å². The molecule has 1 N–H and O–H groups in total. The number of likely N-dealkylation sites (N-methyl/N-ethyl adjacent to an activating group) is 1. The van der Waals surface area contributed by atoms with E-state index in [2.05, 4.69) is 37.9 Å². The van der Waals surface area contributed by atoms with Crippen LogP contribution in [-0.4, -0.2) is 36.6 Å². The van der Waals surface area contributed by atoms with Crippen LogP contribution < -0.4 is 5.32 Å². The highest BCUT2D eigenvalue weighted by Crippen LogP contribution is 2.40. The molecular weight excluding hydrogens is 220 g/mol. The molecule has 0 amide bonds. The highest BCUT2D eigenvalue weighted by atomic mass is 15.2. The van der Waals surface area contributed by atoms with Gasteiger partial charge in [-0.05, 0) is 56.7 Å². The van der Waals surface area contributed by atoms with E-state index < -0.39 is 0 Å². The van der Waals surface area contributed by atoms with Gasteiger partial charge in [0.05, 0.1) is 0 Å². The molecule has 2 rings (SSSR count). The molecule has 2 aliphatic rings. The van der Waals surface area contributed by atoms with Gasteiger partial charge in [-0.3, -0.25) is 4.90 Å². The van der Waals surface area contributed by atoms with E-state index in [1.165, 1.54) is 45.2 Å². The Kier molecular flexibility index (Phi) is 4.71. The van der Waals surface area contributed by atoms with Crippen LogP contribution in [0.1, 0.15) is 59.8 Å². The molecule has 1 saturated carbocycles. The monoisotopic (exact) mass is 252 g/mol. The number of hydrogen-bond acceptors (Lipinski definition) is 2. The van der Waals surface area contributed by atoms with Crippen LogP contribution in [0.5, 0.6) is 0 Å². The van der Waals surface area contributed by atoms with Crippen LogP contribution >= 0.6 is 0 Å². The molecule has 1 saturated heterocycles. The summed E-state index contributed by atoms with van der Waals surface area (Å²) in [7, 11) is 0.